The summed E-state index contributed by atoms with van der Waals surface area (Å²) in [6.07, 6.45) is 0.0604. The molecule has 2 amide bonds. The molecule has 1 atom stereocenters. The van der Waals surface area contributed by atoms with E-state index in [2.05, 4.69) is 15.2 Å². The molecule has 2 aromatic rings. The number of H-pyrrole nitrogens is 1. The van der Waals surface area contributed by atoms with Crippen LogP contribution in [0.4, 0.5) is 18.0 Å². The Morgan fingerprint density at radius 1 is 1.06 bits per heavy atom. The zero-order valence-electron chi connectivity index (χ0n) is 18.5. The van der Waals surface area contributed by atoms with Gasteiger partial charge in [-0.3, -0.25) is 5.10 Å². The van der Waals surface area contributed by atoms with Crippen LogP contribution in [0.1, 0.15) is 49.4 Å². The minimum atomic E-state index is -4.50. The van der Waals surface area contributed by atoms with Gasteiger partial charge in [0, 0.05) is 37.5 Å². The van der Waals surface area contributed by atoms with Crippen molar-refractivity contribution in [2.75, 3.05) is 26.2 Å². The number of carbonyl (C=O) groups is 1. The van der Waals surface area contributed by atoms with Gasteiger partial charge in [-0.05, 0) is 56.4 Å². The highest BCUT2D eigenvalue weighted by Gasteiger charge is 2.50. The number of amides is 2. The molecular formula is C22H26F3N5O3S. The molecular weight excluding hydrogens is 471 g/mol. The highest BCUT2D eigenvalue weighted by Crippen LogP contribution is 2.46. The van der Waals surface area contributed by atoms with Crippen LogP contribution in [0.2, 0.25) is 0 Å². The molecule has 0 radical (unpaired) electrons. The van der Waals surface area contributed by atoms with Crippen molar-refractivity contribution in [1.82, 2.24) is 25.0 Å². The van der Waals surface area contributed by atoms with Gasteiger partial charge in [0.25, 0.3) is 0 Å². The summed E-state index contributed by atoms with van der Waals surface area (Å²) in [5, 5.41) is 6.13. The number of halogens is 3. The van der Waals surface area contributed by atoms with Crippen molar-refractivity contribution in [2.24, 2.45) is 5.41 Å². The lowest BCUT2D eigenvalue weighted by molar-refractivity contribution is -0.137. The molecule has 8 nitrogen and oxygen atoms in total. The van der Waals surface area contributed by atoms with E-state index in [1.807, 2.05) is 9.80 Å². The largest absolute Gasteiger partial charge is 0.416 e. The molecule has 184 valence electrons. The molecule has 3 aliphatic rings. The first-order valence-electron chi connectivity index (χ1n) is 11.4. The Hall–Kier alpha value is -2.63. The van der Waals surface area contributed by atoms with Gasteiger partial charge in [0.05, 0.1) is 15.7 Å². The SMILES string of the molecule is O=C(N1CC[C@H](c2ncn[nH]2)C1)N1CC2(CCC(S(=O)(=O)c3ccc(C(F)(F)F)cc3)CC2)C1. The van der Waals surface area contributed by atoms with Gasteiger partial charge >= 0.3 is 12.2 Å². The van der Waals surface area contributed by atoms with E-state index >= 15 is 0 Å². The van der Waals surface area contributed by atoms with Gasteiger partial charge in [-0.2, -0.15) is 18.3 Å². The van der Waals surface area contributed by atoms with E-state index in [-0.39, 0.29) is 22.3 Å². The van der Waals surface area contributed by atoms with Crippen molar-refractivity contribution in [3.8, 4) is 0 Å². The normalized spacial score (nSPS) is 23.3. The maximum atomic E-state index is 13.0. The molecule has 0 bridgehead atoms. The first-order valence-corrected chi connectivity index (χ1v) is 12.9. The Kier molecular flexibility index (Phi) is 5.61. The molecule has 0 unspecified atom stereocenters. The molecule has 1 aromatic heterocycles. The number of sulfone groups is 1. The van der Waals surface area contributed by atoms with E-state index in [1.54, 1.807) is 0 Å². The van der Waals surface area contributed by atoms with Gasteiger partial charge in [0.15, 0.2) is 9.84 Å². The third kappa shape index (κ3) is 4.16. The maximum Gasteiger partial charge on any atom is 0.416 e. The summed E-state index contributed by atoms with van der Waals surface area (Å²) in [7, 11) is -3.70. The lowest BCUT2D eigenvalue weighted by atomic mass is 9.68. The molecule has 1 N–H and O–H groups in total. The van der Waals surface area contributed by atoms with E-state index in [0.29, 0.717) is 51.9 Å². The monoisotopic (exact) mass is 497 g/mol. The predicted molar refractivity (Wildman–Crippen MR) is 116 cm³/mol. The number of hydrogen-bond acceptors (Lipinski definition) is 5. The second-order valence-electron chi connectivity index (χ2n) is 9.71. The molecule has 2 saturated heterocycles. The number of aromatic amines is 1. The second kappa shape index (κ2) is 8.24. The van der Waals surface area contributed by atoms with Crippen LogP contribution in [0.3, 0.4) is 0 Å². The van der Waals surface area contributed by atoms with Crippen molar-refractivity contribution in [3.63, 3.8) is 0 Å². The van der Waals surface area contributed by atoms with Crippen molar-refractivity contribution in [2.45, 2.75) is 54.3 Å². The average molecular weight is 498 g/mol. The number of nitrogens with zero attached hydrogens (tertiary/aromatic N) is 4. The molecule has 1 spiro atoms. The zero-order valence-corrected chi connectivity index (χ0v) is 19.3. The number of benzene rings is 1. The van der Waals surface area contributed by atoms with E-state index < -0.39 is 26.8 Å². The number of likely N-dealkylation sites (tertiary alicyclic amines) is 2. The number of rotatable bonds is 3. The van der Waals surface area contributed by atoms with Crippen molar-refractivity contribution in [1.29, 1.82) is 0 Å². The Morgan fingerprint density at radius 2 is 1.74 bits per heavy atom. The lowest BCUT2D eigenvalue weighted by Crippen LogP contribution is -2.62. The topological polar surface area (TPSA) is 99.3 Å². The summed E-state index contributed by atoms with van der Waals surface area (Å²) in [6, 6.07) is 3.74. The highest BCUT2D eigenvalue weighted by molar-refractivity contribution is 7.92. The van der Waals surface area contributed by atoms with Crippen LogP contribution in [-0.2, 0) is 16.0 Å². The molecule has 3 heterocycles. The van der Waals surface area contributed by atoms with Gasteiger partial charge in [-0.25, -0.2) is 18.2 Å². The number of carbonyl (C=O) groups excluding carboxylic acids is 1. The number of nitrogens with one attached hydrogen (secondary N) is 1. The Bertz CT molecular complexity index is 1140. The first kappa shape index (κ1) is 23.1. The van der Waals surface area contributed by atoms with Gasteiger partial charge in [0.1, 0.15) is 12.2 Å². The van der Waals surface area contributed by atoms with Gasteiger partial charge in [0.2, 0.25) is 0 Å². The Balaban J connectivity index is 1.14. The van der Waals surface area contributed by atoms with Crippen LogP contribution in [0.25, 0.3) is 0 Å². The smallest absolute Gasteiger partial charge is 0.324 e. The van der Waals surface area contributed by atoms with E-state index in [0.717, 1.165) is 36.5 Å². The zero-order chi connectivity index (χ0) is 24.1. The first-order chi connectivity index (χ1) is 16.1. The summed E-state index contributed by atoms with van der Waals surface area (Å²) < 4.78 is 64.3. The Morgan fingerprint density at radius 3 is 2.32 bits per heavy atom. The molecule has 1 aliphatic carbocycles. The summed E-state index contributed by atoms with van der Waals surface area (Å²) in [5.41, 5.74) is -0.926. The average Bonchev–Trinajstić information content (AvgIpc) is 3.48. The van der Waals surface area contributed by atoms with Crippen LogP contribution in [0.15, 0.2) is 35.5 Å². The molecule has 1 aromatic carbocycles. The second-order valence-corrected chi connectivity index (χ2v) is 11.9. The van der Waals surface area contributed by atoms with Gasteiger partial charge in [-0.15, -0.1) is 0 Å². The minimum Gasteiger partial charge on any atom is -0.324 e. The number of alkyl halides is 3. The standard InChI is InChI=1S/C22H26F3N5O3S/c23-22(24,25)16-1-3-17(4-2-16)34(32,33)18-5-8-21(9-6-18)12-30(13-21)20(31)29-10-7-15(11-29)19-26-14-27-28-19/h1-4,14-15,18H,5-13H2,(H,26,27,28)/t15-/m0/s1. The third-order valence-corrected chi connectivity index (χ3v) is 9.82. The minimum absolute atomic E-state index is 0.00661. The van der Waals surface area contributed by atoms with E-state index in [9.17, 15) is 26.4 Å². The predicted octanol–water partition coefficient (Wildman–Crippen LogP) is 3.45. The molecule has 2 aliphatic heterocycles. The highest BCUT2D eigenvalue weighted by atomic mass is 32.2. The van der Waals surface area contributed by atoms with Crippen LogP contribution >= 0.6 is 0 Å². The molecule has 1 saturated carbocycles. The molecule has 12 heteroatoms. The molecule has 3 fully saturated rings. The van der Waals surface area contributed by atoms with Crippen LogP contribution in [-0.4, -0.2) is 70.9 Å². The fourth-order valence-electron chi connectivity index (χ4n) is 5.52. The summed E-state index contributed by atoms with van der Waals surface area (Å²) in [6.45, 7) is 2.50. The molecule has 34 heavy (non-hydrogen) atoms. The van der Waals surface area contributed by atoms with E-state index in [1.165, 1.54) is 6.33 Å². The fourth-order valence-corrected chi connectivity index (χ4v) is 7.28. The lowest BCUT2D eigenvalue weighted by Gasteiger charge is -2.53. The van der Waals surface area contributed by atoms with Crippen LogP contribution in [0.5, 0.6) is 0 Å². The van der Waals surface area contributed by atoms with Gasteiger partial charge in [-0.1, -0.05) is 0 Å². The quantitative estimate of drug-likeness (QED) is 0.700. The Labute approximate surface area is 195 Å². The number of urea groups is 1. The van der Waals surface area contributed by atoms with Gasteiger partial charge < -0.3 is 9.80 Å². The van der Waals surface area contributed by atoms with Crippen LogP contribution in [0, 0.1) is 5.41 Å². The summed E-state index contributed by atoms with van der Waals surface area (Å²) in [4.78, 5) is 20.7. The molecule has 5 rings (SSSR count). The number of hydrogen-bond donors (Lipinski definition) is 1. The summed E-state index contributed by atoms with van der Waals surface area (Å²) in [5.74, 6) is 0.954. The fraction of sp³-hybridized carbons (Fsp3) is 0.591. The van der Waals surface area contributed by atoms with Crippen molar-refractivity contribution >= 4 is 15.9 Å². The maximum absolute atomic E-state index is 13.0. The summed E-state index contributed by atoms with van der Waals surface area (Å²) >= 11 is 0. The third-order valence-electron chi connectivity index (χ3n) is 7.54. The van der Waals surface area contributed by atoms with Crippen molar-refractivity contribution in [3.05, 3.63) is 42.0 Å². The number of aromatic nitrogens is 3. The van der Waals surface area contributed by atoms with Crippen molar-refractivity contribution < 1.29 is 26.4 Å². The van der Waals surface area contributed by atoms with E-state index in [4.69, 9.17) is 0 Å². The van der Waals surface area contributed by atoms with Crippen LogP contribution < -0.4 is 0 Å².